The van der Waals surface area contributed by atoms with Crippen LogP contribution in [0.3, 0.4) is 0 Å². The molecule has 1 amide bonds. The van der Waals surface area contributed by atoms with Crippen LogP contribution in [0.25, 0.3) is 11.4 Å². The van der Waals surface area contributed by atoms with E-state index >= 15 is 0 Å². The monoisotopic (exact) mass is 318 g/mol. The van der Waals surface area contributed by atoms with Gasteiger partial charge in [-0.25, -0.2) is 4.98 Å². The standard InChI is InChI=1S/C16H22N4OS/c1-10-6-8-12(9-7-10)13-17-15(20-19-13)22-11(2)14(21)18-16(3,4)5/h6-9,11H,1-5H3,(H,18,21)(H,17,19,20)/t11-/m1/s1. The summed E-state index contributed by atoms with van der Waals surface area (Å²) in [5.41, 5.74) is 1.94. The fourth-order valence-corrected chi connectivity index (χ4v) is 2.55. The topological polar surface area (TPSA) is 70.7 Å². The zero-order valence-corrected chi connectivity index (χ0v) is 14.4. The predicted octanol–water partition coefficient (Wildman–Crippen LogP) is 3.18. The molecule has 0 saturated carbocycles. The molecular weight excluding hydrogens is 296 g/mol. The fourth-order valence-electron chi connectivity index (χ4n) is 1.82. The molecule has 0 saturated heterocycles. The zero-order valence-electron chi connectivity index (χ0n) is 13.6. The fraction of sp³-hybridized carbons (Fsp3) is 0.438. The minimum atomic E-state index is -0.249. The molecular formula is C16H22N4OS. The van der Waals surface area contributed by atoms with E-state index in [4.69, 9.17) is 0 Å². The summed E-state index contributed by atoms with van der Waals surface area (Å²) >= 11 is 1.35. The number of nitrogens with one attached hydrogen (secondary N) is 2. The maximum atomic E-state index is 12.1. The molecule has 1 aromatic carbocycles. The number of hydrogen-bond acceptors (Lipinski definition) is 4. The quantitative estimate of drug-likeness (QED) is 0.849. The Bertz CT molecular complexity index is 643. The van der Waals surface area contributed by atoms with E-state index in [1.54, 1.807) is 0 Å². The maximum Gasteiger partial charge on any atom is 0.233 e. The highest BCUT2D eigenvalue weighted by atomic mass is 32.2. The van der Waals surface area contributed by atoms with E-state index in [2.05, 4.69) is 20.5 Å². The maximum absolute atomic E-state index is 12.1. The van der Waals surface area contributed by atoms with Crippen molar-refractivity contribution in [2.24, 2.45) is 0 Å². The second-order valence-corrected chi connectivity index (χ2v) is 7.64. The molecule has 0 bridgehead atoms. The Morgan fingerprint density at radius 2 is 1.91 bits per heavy atom. The van der Waals surface area contributed by atoms with Crippen molar-refractivity contribution in [3.8, 4) is 11.4 Å². The Labute approximate surface area is 135 Å². The highest BCUT2D eigenvalue weighted by Gasteiger charge is 2.21. The Morgan fingerprint density at radius 1 is 1.27 bits per heavy atom. The van der Waals surface area contributed by atoms with Gasteiger partial charge in [-0.05, 0) is 34.6 Å². The molecule has 22 heavy (non-hydrogen) atoms. The SMILES string of the molecule is Cc1ccc(-c2nc(S[C@H](C)C(=O)NC(C)(C)C)n[nH]2)cc1. The van der Waals surface area contributed by atoms with Gasteiger partial charge in [0, 0.05) is 11.1 Å². The van der Waals surface area contributed by atoms with Crippen LogP contribution in [0, 0.1) is 6.92 Å². The number of aromatic nitrogens is 3. The van der Waals surface area contributed by atoms with Crippen molar-refractivity contribution >= 4 is 17.7 Å². The van der Waals surface area contributed by atoms with Crippen LogP contribution in [0.4, 0.5) is 0 Å². The van der Waals surface area contributed by atoms with Gasteiger partial charge in [-0.15, -0.1) is 5.10 Å². The summed E-state index contributed by atoms with van der Waals surface area (Å²) in [6.45, 7) is 9.79. The molecule has 0 aliphatic carbocycles. The van der Waals surface area contributed by atoms with Gasteiger partial charge in [-0.3, -0.25) is 9.89 Å². The molecule has 0 fully saturated rings. The minimum absolute atomic E-state index is 0.0146. The van der Waals surface area contributed by atoms with Crippen molar-refractivity contribution in [3.05, 3.63) is 29.8 Å². The van der Waals surface area contributed by atoms with Crippen LogP contribution in [0.15, 0.2) is 29.4 Å². The molecule has 1 aromatic heterocycles. The molecule has 0 unspecified atom stereocenters. The lowest BCUT2D eigenvalue weighted by molar-refractivity contribution is -0.121. The Morgan fingerprint density at radius 3 is 2.50 bits per heavy atom. The summed E-state index contributed by atoms with van der Waals surface area (Å²) in [6, 6.07) is 8.06. The van der Waals surface area contributed by atoms with Crippen LogP contribution in [0.2, 0.25) is 0 Å². The number of rotatable bonds is 4. The lowest BCUT2D eigenvalue weighted by Gasteiger charge is -2.22. The van der Waals surface area contributed by atoms with E-state index in [1.165, 1.54) is 17.3 Å². The third-order valence-corrected chi connectivity index (χ3v) is 3.90. The highest BCUT2D eigenvalue weighted by molar-refractivity contribution is 8.00. The molecule has 1 heterocycles. The van der Waals surface area contributed by atoms with Crippen LogP contribution in [-0.4, -0.2) is 31.9 Å². The number of carbonyl (C=O) groups excluding carboxylic acids is 1. The van der Waals surface area contributed by atoms with Crippen molar-refractivity contribution in [2.45, 2.75) is 50.6 Å². The molecule has 1 atom stereocenters. The predicted molar refractivity (Wildman–Crippen MR) is 89.8 cm³/mol. The van der Waals surface area contributed by atoms with E-state index in [1.807, 2.05) is 58.9 Å². The Balaban J connectivity index is 2.03. The van der Waals surface area contributed by atoms with Gasteiger partial charge in [0.05, 0.1) is 5.25 Å². The number of thioether (sulfide) groups is 1. The van der Waals surface area contributed by atoms with Gasteiger partial charge in [0.2, 0.25) is 11.1 Å². The van der Waals surface area contributed by atoms with Gasteiger partial charge in [0.1, 0.15) is 0 Å². The third kappa shape index (κ3) is 4.59. The zero-order chi connectivity index (χ0) is 16.3. The average Bonchev–Trinajstić information content (AvgIpc) is 2.86. The molecule has 2 N–H and O–H groups in total. The number of aryl methyl sites for hydroxylation is 1. The molecule has 2 aromatic rings. The first-order chi connectivity index (χ1) is 10.2. The Hall–Kier alpha value is -1.82. The van der Waals surface area contributed by atoms with E-state index in [0.717, 1.165) is 5.56 Å². The second-order valence-electron chi connectivity index (χ2n) is 6.33. The minimum Gasteiger partial charge on any atom is -0.351 e. The van der Waals surface area contributed by atoms with Gasteiger partial charge in [0.15, 0.2) is 5.82 Å². The van der Waals surface area contributed by atoms with Crippen LogP contribution < -0.4 is 5.32 Å². The van der Waals surface area contributed by atoms with Crippen molar-refractivity contribution in [1.29, 1.82) is 0 Å². The van der Waals surface area contributed by atoms with Crippen LogP contribution in [-0.2, 0) is 4.79 Å². The average molecular weight is 318 g/mol. The smallest absolute Gasteiger partial charge is 0.233 e. The molecule has 0 aliphatic rings. The van der Waals surface area contributed by atoms with Gasteiger partial charge >= 0.3 is 0 Å². The first kappa shape index (κ1) is 16.5. The number of aromatic amines is 1. The molecule has 6 heteroatoms. The van der Waals surface area contributed by atoms with Crippen LogP contribution >= 0.6 is 11.8 Å². The van der Waals surface area contributed by atoms with E-state index in [9.17, 15) is 4.79 Å². The van der Waals surface area contributed by atoms with Crippen molar-refractivity contribution < 1.29 is 4.79 Å². The lowest BCUT2D eigenvalue weighted by Crippen LogP contribution is -2.44. The highest BCUT2D eigenvalue weighted by Crippen LogP contribution is 2.23. The van der Waals surface area contributed by atoms with Gasteiger partial charge < -0.3 is 5.32 Å². The summed E-state index contributed by atoms with van der Waals surface area (Å²) in [7, 11) is 0. The molecule has 118 valence electrons. The molecule has 0 radical (unpaired) electrons. The summed E-state index contributed by atoms with van der Waals surface area (Å²) < 4.78 is 0. The van der Waals surface area contributed by atoms with E-state index in [-0.39, 0.29) is 16.7 Å². The van der Waals surface area contributed by atoms with Crippen molar-refractivity contribution in [3.63, 3.8) is 0 Å². The van der Waals surface area contributed by atoms with Crippen LogP contribution in [0.1, 0.15) is 33.3 Å². The third-order valence-electron chi connectivity index (χ3n) is 2.94. The van der Waals surface area contributed by atoms with Crippen LogP contribution in [0.5, 0.6) is 0 Å². The number of hydrogen-bond donors (Lipinski definition) is 2. The summed E-state index contributed by atoms with van der Waals surface area (Å²) in [6.07, 6.45) is 0. The number of carbonyl (C=O) groups is 1. The first-order valence-corrected chi connectivity index (χ1v) is 8.11. The summed E-state index contributed by atoms with van der Waals surface area (Å²) in [5.74, 6) is 0.699. The van der Waals surface area contributed by atoms with Crippen molar-refractivity contribution in [2.75, 3.05) is 0 Å². The normalized spacial score (nSPS) is 13.0. The van der Waals surface area contributed by atoms with Gasteiger partial charge in [-0.2, -0.15) is 0 Å². The lowest BCUT2D eigenvalue weighted by atomic mass is 10.1. The Kier molecular flexibility index (Phi) is 4.90. The summed E-state index contributed by atoms with van der Waals surface area (Å²) in [5, 5.41) is 10.4. The molecule has 0 spiro atoms. The van der Waals surface area contributed by atoms with E-state index < -0.39 is 0 Å². The number of amides is 1. The first-order valence-electron chi connectivity index (χ1n) is 7.23. The van der Waals surface area contributed by atoms with Crippen molar-refractivity contribution in [1.82, 2.24) is 20.5 Å². The second kappa shape index (κ2) is 6.52. The number of benzene rings is 1. The van der Waals surface area contributed by atoms with E-state index in [0.29, 0.717) is 11.0 Å². The molecule has 2 rings (SSSR count). The van der Waals surface area contributed by atoms with Gasteiger partial charge in [-0.1, -0.05) is 41.6 Å². The number of H-pyrrole nitrogens is 1. The van der Waals surface area contributed by atoms with Gasteiger partial charge in [0.25, 0.3) is 0 Å². The largest absolute Gasteiger partial charge is 0.351 e. The molecule has 5 nitrogen and oxygen atoms in total. The molecule has 0 aliphatic heterocycles. The summed E-state index contributed by atoms with van der Waals surface area (Å²) in [4.78, 5) is 16.5. The number of nitrogens with zero attached hydrogens (tertiary/aromatic N) is 2.